The molecule has 0 aliphatic carbocycles. The van der Waals surface area contributed by atoms with Crippen LogP contribution < -0.4 is 0 Å². The van der Waals surface area contributed by atoms with Gasteiger partial charge in [-0.1, -0.05) is 23.2 Å². The molecule has 3 nitrogen and oxygen atoms in total. The number of rotatable bonds is 3. The molecule has 0 aliphatic rings. The van der Waals surface area contributed by atoms with Gasteiger partial charge in [-0.05, 0) is 25.1 Å². The molecular formula is C12H10Cl2N2O. The highest BCUT2D eigenvalue weighted by Crippen LogP contribution is 2.21. The second kappa shape index (κ2) is 4.90. The fourth-order valence-corrected chi connectivity index (χ4v) is 2.03. The first-order valence-corrected chi connectivity index (χ1v) is 5.89. The van der Waals surface area contributed by atoms with Crippen molar-refractivity contribution < 1.29 is 4.79 Å². The number of aromatic nitrogens is 2. The van der Waals surface area contributed by atoms with E-state index in [0.29, 0.717) is 21.2 Å². The summed E-state index contributed by atoms with van der Waals surface area (Å²) in [5, 5.41) is 4.95. The van der Waals surface area contributed by atoms with Gasteiger partial charge in [-0.15, -0.1) is 0 Å². The van der Waals surface area contributed by atoms with Crippen LogP contribution >= 0.6 is 23.2 Å². The van der Waals surface area contributed by atoms with Gasteiger partial charge in [0, 0.05) is 28.4 Å². The number of ketones is 1. The molecule has 17 heavy (non-hydrogen) atoms. The van der Waals surface area contributed by atoms with Crippen molar-refractivity contribution in [3.63, 3.8) is 0 Å². The van der Waals surface area contributed by atoms with Crippen LogP contribution in [0.2, 0.25) is 10.0 Å². The molecule has 0 fully saturated rings. The quantitative estimate of drug-likeness (QED) is 0.800. The average molecular weight is 269 g/mol. The molecule has 0 amide bonds. The van der Waals surface area contributed by atoms with Crippen LogP contribution in [0.5, 0.6) is 0 Å². The van der Waals surface area contributed by atoms with Crippen LogP contribution in [0.3, 0.4) is 0 Å². The molecule has 88 valence electrons. The summed E-state index contributed by atoms with van der Waals surface area (Å²) < 4.78 is 1.69. The van der Waals surface area contributed by atoms with E-state index in [1.807, 2.05) is 6.92 Å². The van der Waals surface area contributed by atoms with Crippen LogP contribution in [0.25, 0.3) is 0 Å². The molecule has 0 saturated heterocycles. The maximum Gasteiger partial charge on any atom is 0.196 e. The summed E-state index contributed by atoms with van der Waals surface area (Å²) in [6.45, 7) is 2.68. The van der Waals surface area contributed by atoms with E-state index >= 15 is 0 Å². The van der Waals surface area contributed by atoms with E-state index in [-0.39, 0.29) is 5.78 Å². The fourth-order valence-electron chi connectivity index (χ4n) is 1.51. The maximum atomic E-state index is 12.1. The fraction of sp³-hybridized carbons (Fsp3) is 0.167. The topological polar surface area (TPSA) is 34.9 Å². The van der Waals surface area contributed by atoms with Gasteiger partial charge in [-0.3, -0.25) is 9.48 Å². The molecule has 1 aromatic carbocycles. The van der Waals surface area contributed by atoms with E-state index in [0.717, 1.165) is 6.54 Å². The van der Waals surface area contributed by atoms with Crippen LogP contribution in [-0.2, 0) is 6.54 Å². The van der Waals surface area contributed by atoms with E-state index in [1.54, 1.807) is 35.3 Å². The average Bonchev–Trinajstić information content (AvgIpc) is 2.75. The van der Waals surface area contributed by atoms with Gasteiger partial charge in [-0.25, -0.2) is 0 Å². The molecule has 0 atom stereocenters. The van der Waals surface area contributed by atoms with Gasteiger partial charge >= 0.3 is 0 Å². The maximum absolute atomic E-state index is 12.1. The van der Waals surface area contributed by atoms with E-state index < -0.39 is 0 Å². The number of hydrogen-bond acceptors (Lipinski definition) is 2. The summed E-state index contributed by atoms with van der Waals surface area (Å²) in [6.07, 6.45) is 3.25. The van der Waals surface area contributed by atoms with Crippen molar-refractivity contribution in [3.8, 4) is 0 Å². The third kappa shape index (κ3) is 2.68. The monoisotopic (exact) mass is 268 g/mol. The first-order chi connectivity index (χ1) is 8.10. The molecule has 0 N–H and O–H groups in total. The third-order valence-electron chi connectivity index (χ3n) is 2.34. The van der Waals surface area contributed by atoms with Crippen molar-refractivity contribution in [1.82, 2.24) is 9.78 Å². The number of carbonyl (C=O) groups excluding carboxylic acids is 1. The minimum Gasteiger partial charge on any atom is -0.288 e. The summed E-state index contributed by atoms with van der Waals surface area (Å²) in [5.74, 6) is -0.130. The highest BCUT2D eigenvalue weighted by atomic mass is 35.5. The van der Waals surface area contributed by atoms with Gasteiger partial charge in [0.2, 0.25) is 0 Å². The first-order valence-electron chi connectivity index (χ1n) is 5.13. The smallest absolute Gasteiger partial charge is 0.196 e. The molecule has 2 aromatic rings. The van der Waals surface area contributed by atoms with Gasteiger partial charge in [0.15, 0.2) is 5.78 Å². The Balaban J connectivity index is 2.36. The lowest BCUT2D eigenvalue weighted by Crippen LogP contribution is -2.00. The van der Waals surface area contributed by atoms with Crippen molar-refractivity contribution in [2.45, 2.75) is 13.5 Å². The Bertz CT molecular complexity index is 543. The second-order valence-electron chi connectivity index (χ2n) is 3.57. The molecule has 0 saturated carbocycles. The molecule has 0 bridgehead atoms. The molecule has 0 aliphatic heterocycles. The zero-order valence-electron chi connectivity index (χ0n) is 9.15. The van der Waals surface area contributed by atoms with Crippen molar-refractivity contribution in [2.24, 2.45) is 0 Å². The minimum absolute atomic E-state index is 0.130. The molecule has 2 rings (SSSR count). The van der Waals surface area contributed by atoms with Crippen LogP contribution in [-0.4, -0.2) is 15.6 Å². The standard InChI is InChI=1S/C12H10Cl2N2O/c1-2-16-7-9(6-15-16)12(17)8-3-10(13)5-11(14)4-8/h3-7H,2H2,1H3. The Morgan fingerprint density at radius 1 is 1.24 bits per heavy atom. The summed E-state index contributed by atoms with van der Waals surface area (Å²) in [6, 6.07) is 4.79. The highest BCUT2D eigenvalue weighted by molar-refractivity contribution is 6.35. The number of carbonyl (C=O) groups is 1. The zero-order valence-corrected chi connectivity index (χ0v) is 10.7. The zero-order chi connectivity index (χ0) is 12.4. The Kier molecular flexibility index (Phi) is 3.50. The van der Waals surface area contributed by atoms with Gasteiger partial charge in [-0.2, -0.15) is 5.10 Å². The number of hydrogen-bond donors (Lipinski definition) is 0. The Labute approximate surface area is 109 Å². The number of halogens is 2. The third-order valence-corrected chi connectivity index (χ3v) is 2.78. The van der Waals surface area contributed by atoms with Gasteiger partial charge in [0.1, 0.15) is 0 Å². The largest absolute Gasteiger partial charge is 0.288 e. The van der Waals surface area contributed by atoms with Crippen LogP contribution in [0.1, 0.15) is 22.8 Å². The molecular weight excluding hydrogens is 259 g/mol. The van der Waals surface area contributed by atoms with E-state index in [2.05, 4.69) is 5.10 Å². The van der Waals surface area contributed by atoms with Crippen LogP contribution in [0.4, 0.5) is 0 Å². The number of nitrogens with zero attached hydrogens (tertiary/aromatic N) is 2. The van der Waals surface area contributed by atoms with Crippen molar-refractivity contribution in [3.05, 3.63) is 51.8 Å². The van der Waals surface area contributed by atoms with Crippen LogP contribution in [0.15, 0.2) is 30.6 Å². The lowest BCUT2D eigenvalue weighted by molar-refractivity contribution is 0.103. The lowest BCUT2D eigenvalue weighted by atomic mass is 10.1. The van der Waals surface area contributed by atoms with Gasteiger partial charge in [0.25, 0.3) is 0 Å². The van der Waals surface area contributed by atoms with E-state index in [9.17, 15) is 4.79 Å². The van der Waals surface area contributed by atoms with Gasteiger partial charge in [0.05, 0.1) is 11.8 Å². The SMILES string of the molecule is CCn1cc(C(=O)c2cc(Cl)cc(Cl)c2)cn1. The summed E-state index contributed by atoms with van der Waals surface area (Å²) in [5.41, 5.74) is 1.00. The summed E-state index contributed by atoms with van der Waals surface area (Å²) in [7, 11) is 0. The molecule has 0 spiro atoms. The summed E-state index contributed by atoms with van der Waals surface area (Å²) in [4.78, 5) is 12.1. The highest BCUT2D eigenvalue weighted by Gasteiger charge is 2.12. The predicted molar refractivity (Wildman–Crippen MR) is 67.8 cm³/mol. The molecule has 0 unspecified atom stereocenters. The van der Waals surface area contributed by atoms with Crippen LogP contribution in [0, 0.1) is 0 Å². The molecule has 1 heterocycles. The Hall–Kier alpha value is -1.32. The van der Waals surface area contributed by atoms with Gasteiger partial charge < -0.3 is 0 Å². The summed E-state index contributed by atoms with van der Waals surface area (Å²) >= 11 is 11.7. The number of benzene rings is 1. The van der Waals surface area contributed by atoms with E-state index in [4.69, 9.17) is 23.2 Å². The minimum atomic E-state index is -0.130. The Morgan fingerprint density at radius 3 is 2.41 bits per heavy atom. The van der Waals surface area contributed by atoms with Crippen molar-refractivity contribution in [1.29, 1.82) is 0 Å². The number of aryl methyl sites for hydroxylation is 1. The molecule has 5 heteroatoms. The van der Waals surface area contributed by atoms with E-state index in [1.165, 1.54) is 0 Å². The second-order valence-corrected chi connectivity index (χ2v) is 4.44. The Morgan fingerprint density at radius 2 is 1.88 bits per heavy atom. The lowest BCUT2D eigenvalue weighted by Gasteiger charge is -2.00. The molecule has 1 aromatic heterocycles. The molecule has 0 radical (unpaired) electrons. The first kappa shape index (κ1) is 12.1. The van der Waals surface area contributed by atoms with Crippen molar-refractivity contribution >= 4 is 29.0 Å². The predicted octanol–water partition coefficient (Wildman–Crippen LogP) is 3.44. The normalized spacial score (nSPS) is 10.5. The van der Waals surface area contributed by atoms with Crippen molar-refractivity contribution in [2.75, 3.05) is 0 Å².